The van der Waals surface area contributed by atoms with Crippen molar-refractivity contribution in [3.63, 3.8) is 0 Å². The van der Waals surface area contributed by atoms with E-state index in [9.17, 15) is 79.0 Å². The topological polar surface area (TPSA) is 48.5 Å². The number of hydrogen-bond acceptors (Lipinski definition) is 3. The van der Waals surface area contributed by atoms with E-state index in [1.807, 2.05) is 118 Å². The van der Waals surface area contributed by atoms with Gasteiger partial charge in [0.05, 0.1) is 67.5 Å². The van der Waals surface area contributed by atoms with Crippen molar-refractivity contribution < 1.29 is 96.3 Å². The molecular formula is C77H49ClF18N5P2Ru. The van der Waals surface area contributed by atoms with E-state index in [4.69, 9.17) is 15.2 Å². The van der Waals surface area contributed by atoms with Gasteiger partial charge in [0.1, 0.15) is 11.4 Å². The summed E-state index contributed by atoms with van der Waals surface area (Å²) < 4.78 is 236. The van der Waals surface area contributed by atoms with Crippen molar-refractivity contribution in [2.75, 3.05) is 0 Å². The van der Waals surface area contributed by atoms with Crippen LogP contribution >= 0.6 is 25.5 Å². The fourth-order valence-electron chi connectivity index (χ4n) is 10.6. The minimum absolute atomic E-state index is 0.350. The first kappa shape index (κ1) is 76.9. The summed E-state index contributed by atoms with van der Waals surface area (Å²) in [6.07, 6.45) is -27.5. The monoisotopic (exact) mass is 1580 g/mol. The minimum atomic E-state index is -4.58. The molecule has 13 aromatic rings. The van der Waals surface area contributed by atoms with Crippen LogP contribution in [0.4, 0.5) is 79.0 Å². The van der Waals surface area contributed by atoms with E-state index < -0.39 is 86.3 Å². The molecule has 3 aromatic heterocycles. The fraction of sp³-hybridized carbons (Fsp3) is 0.0779. The molecule has 13 rings (SSSR count). The molecule has 533 valence electrons. The maximum absolute atomic E-state index is 12.9. The zero-order valence-corrected chi connectivity index (χ0v) is 57.2. The number of alkyl halides is 18. The molecule has 0 amide bonds. The van der Waals surface area contributed by atoms with Gasteiger partial charge in [-0.2, -0.15) is 89.2 Å². The maximum Gasteiger partial charge on any atom is 0.112 e. The van der Waals surface area contributed by atoms with Crippen LogP contribution in [0.1, 0.15) is 33.4 Å². The van der Waals surface area contributed by atoms with Crippen molar-refractivity contribution in [3.05, 3.63) is 331 Å². The largest absolute Gasteiger partial charge is 0.244 e. The normalized spacial score (nSPS) is 12.0. The Morgan fingerprint density at radius 2 is 0.442 bits per heavy atom. The van der Waals surface area contributed by atoms with Gasteiger partial charge in [-0.1, -0.05) is 176 Å². The molecule has 0 spiro atoms. The van der Waals surface area contributed by atoms with E-state index in [1.54, 1.807) is 0 Å². The Labute approximate surface area is 599 Å². The van der Waals surface area contributed by atoms with Crippen LogP contribution in [0.25, 0.3) is 56.7 Å². The van der Waals surface area contributed by atoms with Gasteiger partial charge in [-0.15, -0.1) is 0 Å². The molecule has 27 heteroatoms. The standard InChI is InChI=1S/C35H25N5.2C21H12F9P.ClH.Ru/c1-5-14-26(15-6-1)34-24-32(37-39(34)28-18-9-3-10-19-28)30-22-13-23-31(36-30)33-25-35(27-16-7-2-8-17-27)40(38-33)29-20-11-4-12-21-29;2*22-19(23,24)13-1-7-16(8-2-13)31(17-9-3-14(4-10-17)20(25,26)27)18-11-5-15(6-12-18)21(28,29)30;;/h1-25H;2*1-12H;1H;/q;;;;+1/p-1. The number of aromatic nitrogens is 5. The fourth-order valence-corrected chi connectivity index (χ4v) is 15.1. The number of para-hydroxylation sites is 2. The molecule has 0 unspecified atom stereocenters. The van der Waals surface area contributed by atoms with Crippen LogP contribution < -0.4 is 31.8 Å². The minimum Gasteiger partial charge on any atom is -0.244 e. The Hall–Kier alpha value is -9.72. The molecule has 0 saturated carbocycles. The molecule has 0 aliphatic rings. The second-order valence-corrected chi connectivity index (χ2v) is 26.8. The molecule has 0 fully saturated rings. The van der Waals surface area contributed by atoms with Crippen molar-refractivity contribution in [2.45, 2.75) is 37.1 Å². The predicted molar refractivity (Wildman–Crippen MR) is 366 cm³/mol. The first-order chi connectivity index (χ1) is 49.4. The number of pyridine rings is 1. The second-order valence-electron chi connectivity index (χ2n) is 22.4. The van der Waals surface area contributed by atoms with Crippen molar-refractivity contribution in [2.24, 2.45) is 0 Å². The van der Waals surface area contributed by atoms with Gasteiger partial charge in [-0.25, -0.2) is 14.3 Å². The molecule has 5 nitrogen and oxygen atoms in total. The Morgan fingerprint density at radius 3 is 0.644 bits per heavy atom. The van der Waals surface area contributed by atoms with Gasteiger partial charge in [0.2, 0.25) is 0 Å². The molecule has 0 aliphatic heterocycles. The van der Waals surface area contributed by atoms with E-state index in [0.717, 1.165) is 129 Å². The zero-order chi connectivity index (χ0) is 74.8. The summed E-state index contributed by atoms with van der Waals surface area (Å²) in [7, 11) is 1.18. The summed E-state index contributed by atoms with van der Waals surface area (Å²) in [6, 6.07) is 75.5. The van der Waals surface area contributed by atoms with Gasteiger partial charge in [-0.3, -0.25) is 0 Å². The van der Waals surface area contributed by atoms with Gasteiger partial charge in [0, 0.05) is 11.1 Å². The third-order valence-electron chi connectivity index (χ3n) is 15.6. The van der Waals surface area contributed by atoms with Crippen molar-refractivity contribution >= 4 is 57.4 Å². The van der Waals surface area contributed by atoms with E-state index in [2.05, 4.69) is 70.4 Å². The van der Waals surface area contributed by atoms with Gasteiger partial charge in [-0.05, 0) is 169 Å². The molecule has 0 saturated heterocycles. The van der Waals surface area contributed by atoms with Crippen LogP contribution in [0.5, 0.6) is 0 Å². The van der Waals surface area contributed by atoms with Gasteiger partial charge < -0.3 is 0 Å². The van der Waals surface area contributed by atoms with E-state index >= 15 is 0 Å². The molecule has 0 bridgehead atoms. The van der Waals surface area contributed by atoms with E-state index in [1.165, 1.54) is 72.8 Å². The van der Waals surface area contributed by atoms with Gasteiger partial charge >= 0.3 is 64.1 Å². The Balaban J connectivity index is 0.000000168. The summed E-state index contributed by atoms with van der Waals surface area (Å²) >= 11 is 1.82. The van der Waals surface area contributed by atoms with Gasteiger partial charge in [0.25, 0.3) is 0 Å². The number of halogens is 19. The van der Waals surface area contributed by atoms with Crippen LogP contribution in [0.15, 0.2) is 297 Å². The predicted octanol–water partition coefficient (Wildman–Crippen LogP) is 21.8. The number of benzene rings is 10. The smallest absolute Gasteiger partial charge is 0.112 e. The van der Waals surface area contributed by atoms with Crippen LogP contribution in [-0.2, 0) is 54.4 Å². The maximum atomic E-state index is 12.9. The molecule has 3 heterocycles. The molecule has 0 radical (unpaired) electrons. The van der Waals surface area contributed by atoms with Crippen LogP contribution in [-0.4, -0.2) is 24.5 Å². The molecule has 0 aliphatic carbocycles. The quantitative estimate of drug-likeness (QED) is 0.0696. The van der Waals surface area contributed by atoms with E-state index in [-0.39, 0.29) is 0 Å². The summed E-state index contributed by atoms with van der Waals surface area (Å²) in [6.45, 7) is 0. The second kappa shape index (κ2) is 32.5. The summed E-state index contributed by atoms with van der Waals surface area (Å²) in [5.74, 6) is 0. The van der Waals surface area contributed by atoms with Crippen LogP contribution in [0.2, 0.25) is 0 Å². The van der Waals surface area contributed by atoms with Crippen molar-refractivity contribution in [3.8, 4) is 56.7 Å². The average Bonchev–Trinajstić information content (AvgIpc) is 1.44. The van der Waals surface area contributed by atoms with Crippen molar-refractivity contribution in [1.29, 1.82) is 0 Å². The Morgan fingerprint density at radius 1 is 0.240 bits per heavy atom. The summed E-state index contributed by atoms with van der Waals surface area (Å²) in [5.41, 5.74) is 3.92. The molecule has 104 heavy (non-hydrogen) atoms. The first-order valence-electron chi connectivity index (χ1n) is 30.5. The SMILES string of the molecule is FC(F)(F)c1ccc(P(c2ccc(C(F)(F)F)cc2)c2ccc(C(F)(F)F)cc2)cc1.FC(F)(F)c1ccc(P(c2ccc(C(F)(F)F)cc2)c2ccc(C(F)(F)F)cc2)cc1.[Cl][Ru].c1ccc(-c2cc(-c3cccc(-c4cc(-c5ccccc5)n(-c5ccccc5)n4)n3)nn2-c2ccccc2)cc1. The number of rotatable bonds is 12. The third kappa shape index (κ3) is 19.2. The Kier molecular flexibility index (Phi) is 24.1. The zero-order valence-electron chi connectivity index (χ0n) is 53.0. The summed E-state index contributed by atoms with van der Waals surface area (Å²) in [5, 5.41) is 12.1. The molecule has 0 N–H and O–H groups in total. The Bertz CT molecular complexity index is 4210. The molecular weight excluding hydrogens is 1540 g/mol. The van der Waals surface area contributed by atoms with E-state index in [0.29, 0.717) is 31.8 Å². The number of hydrogen-bond donors (Lipinski definition) is 0. The van der Waals surface area contributed by atoms with Crippen LogP contribution in [0.3, 0.4) is 0 Å². The molecule has 10 aromatic carbocycles. The van der Waals surface area contributed by atoms with Crippen LogP contribution in [0, 0.1) is 0 Å². The van der Waals surface area contributed by atoms with Crippen molar-refractivity contribution in [1.82, 2.24) is 24.5 Å². The summed E-state index contributed by atoms with van der Waals surface area (Å²) in [4.78, 5) is 5.05. The number of nitrogens with zero attached hydrogens (tertiary/aromatic N) is 5. The molecule has 0 atom stereocenters. The first-order valence-corrected chi connectivity index (χ1v) is 35.5. The third-order valence-corrected chi connectivity index (χ3v) is 20.4. The average molecular weight is 1580 g/mol. The van der Waals surface area contributed by atoms with Gasteiger partial charge in [0.15, 0.2) is 0 Å².